The summed E-state index contributed by atoms with van der Waals surface area (Å²) in [7, 11) is 0. The molecule has 0 bridgehead atoms. The highest BCUT2D eigenvalue weighted by Crippen LogP contribution is 2.26. The molecule has 2 atom stereocenters. The average Bonchev–Trinajstić information content (AvgIpc) is 2.54. The third-order valence-electron chi connectivity index (χ3n) is 3.49. The van der Waals surface area contributed by atoms with Gasteiger partial charge in [0, 0.05) is 18.2 Å². The molecule has 0 saturated carbocycles. The molecule has 0 fully saturated rings. The molecule has 1 aromatic rings. The van der Waals surface area contributed by atoms with Crippen LogP contribution in [0, 0.1) is 0 Å². The minimum Gasteiger partial charge on any atom is -0.345 e. The molecule has 0 radical (unpaired) electrons. The SMILES string of the molecule is CCC(C)NC(=O)C(=O)NCC1N=NC(=O)c2ccccc21. The third-order valence-corrected chi connectivity index (χ3v) is 3.49. The van der Waals surface area contributed by atoms with Crippen LogP contribution in [0.5, 0.6) is 0 Å². The number of rotatable bonds is 4. The second kappa shape index (κ2) is 6.93. The third kappa shape index (κ3) is 3.55. The van der Waals surface area contributed by atoms with Crippen LogP contribution in [0.4, 0.5) is 0 Å². The predicted octanol–water partition coefficient (Wildman–Crippen LogP) is 1.36. The fraction of sp³-hybridized carbons (Fsp3) is 0.400. The lowest BCUT2D eigenvalue weighted by Gasteiger charge is -2.18. The van der Waals surface area contributed by atoms with Gasteiger partial charge in [0.2, 0.25) is 0 Å². The van der Waals surface area contributed by atoms with Crippen LogP contribution in [0.15, 0.2) is 34.5 Å². The van der Waals surface area contributed by atoms with Crippen molar-refractivity contribution in [2.24, 2.45) is 10.2 Å². The summed E-state index contributed by atoms with van der Waals surface area (Å²) in [6.45, 7) is 3.85. The van der Waals surface area contributed by atoms with Gasteiger partial charge >= 0.3 is 11.8 Å². The first-order valence-corrected chi connectivity index (χ1v) is 7.15. The van der Waals surface area contributed by atoms with Crippen molar-refractivity contribution in [3.63, 3.8) is 0 Å². The number of nitrogens with zero attached hydrogens (tertiary/aromatic N) is 2. The molecule has 1 aromatic carbocycles. The molecule has 22 heavy (non-hydrogen) atoms. The van der Waals surface area contributed by atoms with Crippen LogP contribution < -0.4 is 10.6 Å². The molecule has 3 amide bonds. The Labute approximate surface area is 128 Å². The lowest BCUT2D eigenvalue weighted by atomic mass is 9.99. The summed E-state index contributed by atoms with van der Waals surface area (Å²) in [5, 5.41) is 12.6. The van der Waals surface area contributed by atoms with E-state index in [4.69, 9.17) is 0 Å². The highest BCUT2D eigenvalue weighted by Gasteiger charge is 2.24. The second-order valence-corrected chi connectivity index (χ2v) is 5.12. The molecule has 2 N–H and O–H groups in total. The minimum absolute atomic E-state index is 0.0639. The number of fused-ring (bicyclic) bond motifs is 1. The number of nitrogens with one attached hydrogen (secondary N) is 2. The van der Waals surface area contributed by atoms with Gasteiger partial charge < -0.3 is 10.6 Å². The Morgan fingerprint density at radius 1 is 1.27 bits per heavy atom. The lowest BCUT2D eigenvalue weighted by molar-refractivity contribution is -0.139. The van der Waals surface area contributed by atoms with Crippen LogP contribution in [-0.4, -0.2) is 30.3 Å². The summed E-state index contributed by atoms with van der Waals surface area (Å²) in [6.07, 6.45) is 0.741. The van der Waals surface area contributed by atoms with Crippen LogP contribution in [-0.2, 0) is 9.59 Å². The summed E-state index contributed by atoms with van der Waals surface area (Å²) in [4.78, 5) is 35.0. The largest absolute Gasteiger partial charge is 0.345 e. The normalized spacial score (nSPS) is 17.5. The molecule has 1 aliphatic rings. The van der Waals surface area contributed by atoms with E-state index in [0.29, 0.717) is 11.1 Å². The molecule has 7 nitrogen and oxygen atoms in total. The van der Waals surface area contributed by atoms with Crippen molar-refractivity contribution in [3.8, 4) is 0 Å². The van der Waals surface area contributed by atoms with Gasteiger partial charge in [-0.1, -0.05) is 25.1 Å². The van der Waals surface area contributed by atoms with Gasteiger partial charge in [-0.2, -0.15) is 5.11 Å². The van der Waals surface area contributed by atoms with Crippen LogP contribution in [0.2, 0.25) is 0 Å². The standard InChI is InChI=1S/C15H18N4O3/c1-3-9(2)17-15(22)14(21)16-8-12-10-6-4-5-7-11(10)13(20)19-18-12/h4-7,9,12H,3,8H2,1-2H3,(H,16,21)(H,17,22). The molecular formula is C15H18N4O3. The van der Waals surface area contributed by atoms with Crippen LogP contribution in [0.1, 0.15) is 42.2 Å². The Hall–Kier alpha value is -2.57. The van der Waals surface area contributed by atoms with Gasteiger partial charge in [0.1, 0.15) is 6.04 Å². The molecule has 0 spiro atoms. The van der Waals surface area contributed by atoms with E-state index >= 15 is 0 Å². The van der Waals surface area contributed by atoms with Crippen molar-refractivity contribution in [1.29, 1.82) is 0 Å². The van der Waals surface area contributed by atoms with Gasteiger partial charge in [-0.25, -0.2) is 0 Å². The lowest BCUT2D eigenvalue weighted by Crippen LogP contribution is -2.44. The quantitative estimate of drug-likeness (QED) is 0.821. The number of amides is 3. The molecular weight excluding hydrogens is 284 g/mol. The zero-order valence-electron chi connectivity index (χ0n) is 12.5. The zero-order valence-corrected chi connectivity index (χ0v) is 12.5. The van der Waals surface area contributed by atoms with Crippen molar-refractivity contribution >= 4 is 17.7 Å². The van der Waals surface area contributed by atoms with Gasteiger partial charge in [-0.05, 0) is 25.0 Å². The molecule has 7 heteroatoms. The maximum atomic E-state index is 11.8. The molecule has 116 valence electrons. The maximum Gasteiger partial charge on any atom is 0.309 e. The number of azo groups is 1. The summed E-state index contributed by atoms with van der Waals surface area (Å²) >= 11 is 0. The second-order valence-electron chi connectivity index (χ2n) is 5.12. The number of benzene rings is 1. The Morgan fingerprint density at radius 2 is 2.00 bits per heavy atom. The summed E-state index contributed by atoms with van der Waals surface area (Å²) in [6, 6.07) is 6.44. The fourth-order valence-electron chi connectivity index (χ4n) is 2.03. The first-order chi connectivity index (χ1) is 10.5. The summed E-state index contributed by atoms with van der Waals surface area (Å²) < 4.78 is 0. The van der Waals surface area contributed by atoms with E-state index in [1.54, 1.807) is 24.3 Å². The molecule has 0 aliphatic carbocycles. The smallest absolute Gasteiger partial charge is 0.309 e. The number of hydrogen-bond acceptors (Lipinski definition) is 4. The van der Waals surface area contributed by atoms with E-state index in [1.165, 1.54) is 0 Å². The average molecular weight is 302 g/mol. The Bertz CT molecular complexity index is 627. The van der Waals surface area contributed by atoms with Gasteiger partial charge in [-0.3, -0.25) is 14.4 Å². The number of hydrogen-bond donors (Lipinski definition) is 2. The van der Waals surface area contributed by atoms with Gasteiger partial charge in [-0.15, -0.1) is 5.11 Å². The number of carbonyl (C=O) groups is 3. The highest BCUT2D eigenvalue weighted by atomic mass is 16.2. The monoisotopic (exact) mass is 302 g/mol. The van der Waals surface area contributed by atoms with Gasteiger partial charge in [0.25, 0.3) is 5.91 Å². The molecule has 0 saturated heterocycles. The summed E-state index contributed by atoms with van der Waals surface area (Å²) in [5.74, 6) is -1.79. The molecule has 1 aliphatic heterocycles. The van der Waals surface area contributed by atoms with E-state index in [2.05, 4.69) is 20.9 Å². The maximum absolute atomic E-state index is 11.8. The van der Waals surface area contributed by atoms with E-state index in [0.717, 1.165) is 6.42 Å². The fourth-order valence-corrected chi connectivity index (χ4v) is 2.03. The van der Waals surface area contributed by atoms with Crippen LogP contribution in [0.3, 0.4) is 0 Å². The van der Waals surface area contributed by atoms with E-state index in [1.807, 2.05) is 13.8 Å². The first-order valence-electron chi connectivity index (χ1n) is 7.15. The van der Waals surface area contributed by atoms with Crippen molar-refractivity contribution in [2.75, 3.05) is 6.54 Å². The van der Waals surface area contributed by atoms with E-state index in [-0.39, 0.29) is 12.6 Å². The number of carbonyl (C=O) groups excluding carboxylic acids is 3. The van der Waals surface area contributed by atoms with E-state index < -0.39 is 23.8 Å². The molecule has 2 unspecified atom stereocenters. The van der Waals surface area contributed by atoms with Gasteiger partial charge in [0.15, 0.2) is 0 Å². The Balaban J connectivity index is 1.97. The van der Waals surface area contributed by atoms with Crippen molar-refractivity contribution in [1.82, 2.24) is 10.6 Å². The van der Waals surface area contributed by atoms with Crippen LogP contribution >= 0.6 is 0 Å². The van der Waals surface area contributed by atoms with E-state index in [9.17, 15) is 14.4 Å². The first kappa shape index (κ1) is 15.8. The predicted molar refractivity (Wildman–Crippen MR) is 79.3 cm³/mol. The zero-order chi connectivity index (χ0) is 16.1. The molecule has 1 heterocycles. The van der Waals surface area contributed by atoms with Crippen molar-refractivity contribution in [2.45, 2.75) is 32.4 Å². The van der Waals surface area contributed by atoms with Crippen molar-refractivity contribution < 1.29 is 14.4 Å². The molecule has 2 rings (SSSR count). The van der Waals surface area contributed by atoms with Crippen molar-refractivity contribution in [3.05, 3.63) is 35.4 Å². The topological polar surface area (TPSA) is 100.0 Å². The minimum atomic E-state index is -0.718. The Kier molecular flexibility index (Phi) is 4.98. The van der Waals surface area contributed by atoms with Crippen LogP contribution in [0.25, 0.3) is 0 Å². The Morgan fingerprint density at radius 3 is 2.73 bits per heavy atom. The molecule has 0 aromatic heterocycles. The highest BCUT2D eigenvalue weighted by molar-refractivity contribution is 6.35. The van der Waals surface area contributed by atoms with Gasteiger partial charge in [0.05, 0.1) is 0 Å². The summed E-state index contributed by atoms with van der Waals surface area (Å²) in [5.41, 5.74) is 1.17.